The molecule has 1 aromatic heterocycles. The van der Waals surface area contributed by atoms with Crippen LogP contribution in [-0.2, 0) is 9.59 Å². The maximum Gasteiger partial charge on any atom is 0.327 e. The van der Waals surface area contributed by atoms with E-state index in [9.17, 15) is 19.5 Å². The summed E-state index contributed by atoms with van der Waals surface area (Å²) in [5, 5.41) is 15.0. The molecule has 1 aromatic carbocycles. The molecule has 3 N–H and O–H groups in total. The minimum atomic E-state index is -1.04. The number of benzene rings is 1. The lowest BCUT2D eigenvalue weighted by atomic mass is 9.96. The van der Waals surface area contributed by atoms with Crippen molar-refractivity contribution in [3.05, 3.63) is 47.3 Å². The number of hydrogen-bond donors (Lipinski definition) is 3. The van der Waals surface area contributed by atoms with Gasteiger partial charge >= 0.3 is 5.97 Å². The predicted molar refractivity (Wildman–Crippen MR) is 116 cm³/mol. The number of aliphatic carboxylic acids is 1. The molecule has 2 amide bonds. The van der Waals surface area contributed by atoms with Crippen molar-refractivity contribution in [3.8, 4) is 0 Å². The minimum absolute atomic E-state index is 0.373. The van der Waals surface area contributed by atoms with E-state index in [0.29, 0.717) is 17.2 Å². The van der Waals surface area contributed by atoms with Gasteiger partial charge in [0.15, 0.2) is 0 Å². The highest BCUT2D eigenvalue weighted by Gasteiger charge is 2.64. The Balaban J connectivity index is 1.47. The summed E-state index contributed by atoms with van der Waals surface area (Å²) >= 11 is 1.39. The quantitative estimate of drug-likeness (QED) is 0.603. The standard InChI is InChI=1S/C21H23N5O4S/c1-10-8-11(2)23-20(22-10)24-13-7-5-6-12(9-13)16(27)25-14-17(28)26-15(19(29)30)21(3,4)31-18(14)26/h5-9,14-15,18H,1-4H3,(H,25,27)(H,29,30)(H,22,23,24)/t14-,15+,18-/m1/s1. The number of hydrogen-bond acceptors (Lipinski definition) is 7. The van der Waals surface area contributed by atoms with Crippen molar-refractivity contribution in [3.63, 3.8) is 0 Å². The van der Waals surface area contributed by atoms with Gasteiger partial charge in [-0.15, -0.1) is 11.8 Å². The number of carboxylic acid groups (broad SMARTS) is 1. The first kappa shape index (κ1) is 21.1. The van der Waals surface area contributed by atoms with Crippen molar-refractivity contribution in [1.82, 2.24) is 20.2 Å². The molecule has 3 heterocycles. The fraction of sp³-hybridized carbons (Fsp3) is 0.381. The lowest BCUT2D eigenvalue weighted by Crippen LogP contribution is -2.70. The van der Waals surface area contributed by atoms with Crippen LogP contribution in [0.3, 0.4) is 0 Å². The predicted octanol–water partition coefficient (Wildman–Crippen LogP) is 2.08. The minimum Gasteiger partial charge on any atom is -0.480 e. The van der Waals surface area contributed by atoms with E-state index in [1.54, 1.807) is 38.1 Å². The fourth-order valence-electron chi connectivity index (χ4n) is 4.02. The van der Waals surface area contributed by atoms with Gasteiger partial charge in [-0.05, 0) is 52.0 Å². The van der Waals surface area contributed by atoms with E-state index < -0.39 is 34.1 Å². The van der Waals surface area contributed by atoms with Gasteiger partial charge in [0.05, 0.1) is 0 Å². The molecule has 0 saturated carbocycles. The molecule has 0 bridgehead atoms. The summed E-state index contributed by atoms with van der Waals surface area (Å²) in [6.07, 6.45) is 0. The van der Waals surface area contributed by atoms with Crippen molar-refractivity contribution in [2.24, 2.45) is 0 Å². The number of rotatable bonds is 5. The summed E-state index contributed by atoms with van der Waals surface area (Å²) in [6, 6.07) is 7.03. The van der Waals surface area contributed by atoms with Gasteiger partial charge in [0.2, 0.25) is 11.9 Å². The highest BCUT2D eigenvalue weighted by molar-refractivity contribution is 8.01. The van der Waals surface area contributed by atoms with Crippen LogP contribution in [0.25, 0.3) is 0 Å². The molecule has 0 unspecified atom stereocenters. The number of aromatic nitrogens is 2. The topological polar surface area (TPSA) is 125 Å². The first-order chi connectivity index (χ1) is 14.6. The zero-order valence-corrected chi connectivity index (χ0v) is 18.4. The highest BCUT2D eigenvalue weighted by atomic mass is 32.2. The second-order valence-corrected chi connectivity index (χ2v) is 10.0. The number of aryl methyl sites for hydroxylation is 2. The Bertz CT molecular complexity index is 1070. The molecule has 2 saturated heterocycles. The Hall–Kier alpha value is -3.14. The number of fused-ring (bicyclic) bond motifs is 1. The van der Waals surface area contributed by atoms with E-state index >= 15 is 0 Å². The van der Waals surface area contributed by atoms with Crippen LogP contribution in [0.4, 0.5) is 11.6 Å². The zero-order chi connectivity index (χ0) is 22.5. The van der Waals surface area contributed by atoms with Gasteiger partial charge in [0, 0.05) is 27.4 Å². The van der Waals surface area contributed by atoms with Gasteiger partial charge in [-0.3, -0.25) is 9.59 Å². The number of anilines is 2. The summed E-state index contributed by atoms with van der Waals surface area (Å²) in [5.74, 6) is -1.38. The number of carboxylic acids is 1. The van der Waals surface area contributed by atoms with Gasteiger partial charge < -0.3 is 20.6 Å². The third-order valence-corrected chi connectivity index (χ3v) is 6.90. The Morgan fingerprint density at radius 2 is 1.84 bits per heavy atom. The van der Waals surface area contributed by atoms with E-state index in [4.69, 9.17) is 0 Å². The van der Waals surface area contributed by atoms with E-state index in [1.165, 1.54) is 16.7 Å². The van der Waals surface area contributed by atoms with Crippen LogP contribution in [0.1, 0.15) is 35.6 Å². The normalized spacial score (nSPS) is 23.7. The number of nitrogens with one attached hydrogen (secondary N) is 2. The van der Waals surface area contributed by atoms with E-state index in [-0.39, 0.29) is 5.91 Å². The summed E-state index contributed by atoms with van der Waals surface area (Å²) in [7, 11) is 0. The van der Waals surface area contributed by atoms with E-state index in [0.717, 1.165) is 11.4 Å². The molecule has 10 heteroatoms. The molecule has 31 heavy (non-hydrogen) atoms. The van der Waals surface area contributed by atoms with Crippen LogP contribution in [0.15, 0.2) is 30.3 Å². The largest absolute Gasteiger partial charge is 0.480 e. The molecular formula is C21H23N5O4S. The van der Waals surface area contributed by atoms with Gasteiger partial charge in [-0.1, -0.05) is 6.07 Å². The molecule has 4 rings (SSSR count). The van der Waals surface area contributed by atoms with Crippen molar-refractivity contribution in [2.75, 3.05) is 5.32 Å². The molecule has 9 nitrogen and oxygen atoms in total. The lowest BCUT2D eigenvalue weighted by molar-refractivity contribution is -0.159. The summed E-state index contributed by atoms with van der Waals surface area (Å²) in [5.41, 5.74) is 2.67. The molecule has 3 atom stereocenters. The Labute approximate surface area is 183 Å². The van der Waals surface area contributed by atoms with Gasteiger partial charge in [0.25, 0.3) is 5.91 Å². The lowest BCUT2D eigenvalue weighted by Gasteiger charge is -2.43. The third-order valence-electron chi connectivity index (χ3n) is 5.32. The molecule has 0 aliphatic carbocycles. The van der Waals surface area contributed by atoms with Crippen LogP contribution in [0.2, 0.25) is 0 Å². The summed E-state index contributed by atoms with van der Waals surface area (Å²) in [6.45, 7) is 7.34. The monoisotopic (exact) mass is 441 g/mol. The van der Waals surface area contributed by atoms with Crippen LogP contribution in [-0.4, -0.2) is 60.0 Å². The Morgan fingerprint density at radius 1 is 1.16 bits per heavy atom. The number of β-lactam (4-membered cyclic amide) rings is 1. The molecule has 0 spiro atoms. The fourth-order valence-corrected chi connectivity index (χ4v) is 5.64. The summed E-state index contributed by atoms with van der Waals surface area (Å²) < 4.78 is -0.637. The van der Waals surface area contributed by atoms with Gasteiger partial charge in [-0.25, -0.2) is 14.8 Å². The van der Waals surface area contributed by atoms with Crippen molar-refractivity contribution >= 4 is 41.2 Å². The molecule has 2 aliphatic rings. The van der Waals surface area contributed by atoms with Crippen LogP contribution >= 0.6 is 11.8 Å². The average Bonchev–Trinajstić information content (AvgIpc) is 2.93. The number of thioether (sulfide) groups is 1. The second kappa shape index (κ2) is 7.52. The molecule has 162 valence electrons. The van der Waals surface area contributed by atoms with Crippen molar-refractivity contribution < 1.29 is 19.5 Å². The third kappa shape index (κ3) is 3.83. The van der Waals surface area contributed by atoms with Crippen molar-refractivity contribution in [1.29, 1.82) is 0 Å². The van der Waals surface area contributed by atoms with E-state index in [2.05, 4.69) is 20.6 Å². The van der Waals surface area contributed by atoms with Crippen LogP contribution < -0.4 is 10.6 Å². The van der Waals surface area contributed by atoms with E-state index in [1.807, 2.05) is 19.9 Å². The van der Waals surface area contributed by atoms with Crippen LogP contribution in [0, 0.1) is 13.8 Å². The number of carbonyl (C=O) groups is 3. The number of nitrogens with zero attached hydrogens (tertiary/aromatic N) is 3. The maximum absolute atomic E-state index is 12.8. The number of carbonyl (C=O) groups excluding carboxylic acids is 2. The SMILES string of the molecule is Cc1cc(C)nc(Nc2cccc(C(=O)N[C@@H]3C(=O)N4[C@@H]3SC(C)(C)[C@@H]4C(=O)O)c2)n1. The molecule has 2 fully saturated rings. The first-order valence-electron chi connectivity index (χ1n) is 9.80. The van der Waals surface area contributed by atoms with Crippen LogP contribution in [0.5, 0.6) is 0 Å². The molecule has 2 aliphatic heterocycles. The number of amides is 2. The van der Waals surface area contributed by atoms with Crippen molar-refractivity contribution in [2.45, 2.75) is 49.9 Å². The summed E-state index contributed by atoms with van der Waals surface area (Å²) in [4.78, 5) is 47.0. The van der Waals surface area contributed by atoms with Gasteiger partial charge in [-0.2, -0.15) is 0 Å². The zero-order valence-electron chi connectivity index (χ0n) is 17.5. The molecule has 0 radical (unpaired) electrons. The second-order valence-electron chi connectivity index (χ2n) is 8.23. The molecule has 2 aromatic rings. The first-order valence-corrected chi connectivity index (χ1v) is 10.7. The van der Waals surface area contributed by atoms with Gasteiger partial charge in [0.1, 0.15) is 17.5 Å². The highest BCUT2D eigenvalue weighted by Crippen LogP contribution is 2.50. The molecular weight excluding hydrogens is 418 g/mol. The average molecular weight is 442 g/mol. The maximum atomic E-state index is 12.8. The Morgan fingerprint density at radius 3 is 2.48 bits per heavy atom. The Kier molecular flexibility index (Phi) is 5.12. The smallest absolute Gasteiger partial charge is 0.327 e.